The summed E-state index contributed by atoms with van der Waals surface area (Å²) in [7, 11) is 0. The molecule has 6 rings (SSSR count). The van der Waals surface area contributed by atoms with Gasteiger partial charge in [0.1, 0.15) is 5.82 Å². The number of imide groups is 1. The van der Waals surface area contributed by atoms with Crippen molar-refractivity contribution in [3.8, 4) is 0 Å². The summed E-state index contributed by atoms with van der Waals surface area (Å²) in [6, 6.07) is 20.7. The second-order valence-corrected chi connectivity index (χ2v) is 8.78. The first-order chi connectivity index (χ1) is 16.4. The van der Waals surface area contributed by atoms with Gasteiger partial charge in [0.05, 0.1) is 24.5 Å². The number of halogens is 1. The Hall–Kier alpha value is -3.97. The number of Topliss-reactive ketones (excluding diaryl/α,β-unsaturated/α-hetero) is 2. The lowest BCUT2D eigenvalue weighted by Gasteiger charge is -2.27. The second kappa shape index (κ2) is 7.27. The maximum absolute atomic E-state index is 13.7. The van der Waals surface area contributed by atoms with E-state index in [2.05, 4.69) is 0 Å². The fraction of sp³-hybridized carbons (Fsp3) is 0.185. The van der Waals surface area contributed by atoms with E-state index >= 15 is 0 Å². The Bertz CT molecular complexity index is 1330. The molecule has 0 bridgehead atoms. The second-order valence-electron chi connectivity index (χ2n) is 8.78. The molecule has 2 aliphatic heterocycles. The molecule has 3 aromatic rings. The van der Waals surface area contributed by atoms with Crippen molar-refractivity contribution in [3.05, 3.63) is 107 Å². The first-order valence-electron chi connectivity index (χ1n) is 10.9. The molecule has 2 fully saturated rings. The first-order valence-corrected chi connectivity index (χ1v) is 10.9. The maximum atomic E-state index is 13.7. The van der Waals surface area contributed by atoms with E-state index in [1.54, 1.807) is 36.4 Å². The molecule has 34 heavy (non-hydrogen) atoms. The molecule has 0 N–H and O–H groups in total. The third-order valence-electron chi connectivity index (χ3n) is 6.99. The highest BCUT2D eigenvalue weighted by Gasteiger charge is 2.74. The molecular weight excluding hydrogens is 437 g/mol. The van der Waals surface area contributed by atoms with Gasteiger partial charge in [-0.1, -0.05) is 66.7 Å². The van der Waals surface area contributed by atoms with Crippen LogP contribution in [0.4, 0.5) is 4.39 Å². The van der Waals surface area contributed by atoms with Crippen molar-refractivity contribution >= 4 is 23.4 Å². The van der Waals surface area contributed by atoms with E-state index in [1.807, 2.05) is 6.07 Å². The summed E-state index contributed by atoms with van der Waals surface area (Å²) >= 11 is 0. The maximum Gasteiger partial charge on any atom is 0.237 e. The number of carbonyl (C=O) groups is 4. The molecule has 168 valence electrons. The van der Waals surface area contributed by atoms with Crippen LogP contribution in [-0.4, -0.2) is 33.9 Å². The van der Waals surface area contributed by atoms with E-state index in [0.29, 0.717) is 5.56 Å². The number of ether oxygens (including phenoxy) is 1. The molecule has 1 spiro atoms. The van der Waals surface area contributed by atoms with Crippen molar-refractivity contribution < 1.29 is 28.3 Å². The minimum absolute atomic E-state index is 0.0209. The monoisotopic (exact) mass is 455 g/mol. The van der Waals surface area contributed by atoms with E-state index in [-0.39, 0.29) is 17.7 Å². The molecule has 0 radical (unpaired) electrons. The molecule has 0 unspecified atom stereocenters. The standard InChI is InChI=1S/C27H18FNO5/c28-17-12-10-16(11-13-17)22-20-21(26(33)29(25(20)32)14-15-6-2-1-3-7-15)27(34-22)23(30)18-8-4-5-9-19(18)24(27)31/h1-13,20-22H,14H2/t20-,21+,22+/m1/s1. The fourth-order valence-electron chi connectivity index (χ4n) is 5.45. The summed E-state index contributed by atoms with van der Waals surface area (Å²) < 4.78 is 19.8. The van der Waals surface area contributed by atoms with Crippen LogP contribution in [0.1, 0.15) is 37.9 Å². The number of benzene rings is 3. The predicted molar refractivity (Wildman–Crippen MR) is 117 cm³/mol. The average Bonchev–Trinajstić information content (AvgIpc) is 3.41. The van der Waals surface area contributed by atoms with Crippen LogP contribution in [0.5, 0.6) is 0 Å². The fourth-order valence-corrected chi connectivity index (χ4v) is 5.45. The molecule has 2 amide bonds. The number of fused-ring (bicyclic) bond motifs is 3. The number of hydrogen-bond donors (Lipinski definition) is 0. The molecule has 2 saturated heterocycles. The highest BCUT2D eigenvalue weighted by atomic mass is 19.1. The van der Waals surface area contributed by atoms with Crippen molar-refractivity contribution in [1.82, 2.24) is 4.90 Å². The third kappa shape index (κ3) is 2.64. The van der Waals surface area contributed by atoms with Crippen molar-refractivity contribution in [3.63, 3.8) is 0 Å². The number of ketones is 2. The van der Waals surface area contributed by atoms with Crippen LogP contribution in [0.2, 0.25) is 0 Å². The van der Waals surface area contributed by atoms with Gasteiger partial charge in [-0.25, -0.2) is 4.39 Å². The van der Waals surface area contributed by atoms with Crippen LogP contribution >= 0.6 is 0 Å². The molecule has 3 aromatic carbocycles. The van der Waals surface area contributed by atoms with Crippen LogP contribution in [-0.2, 0) is 20.9 Å². The lowest BCUT2D eigenvalue weighted by atomic mass is 9.77. The molecule has 7 heteroatoms. The summed E-state index contributed by atoms with van der Waals surface area (Å²) in [6.45, 7) is 0.0209. The summed E-state index contributed by atoms with van der Waals surface area (Å²) in [5.74, 6) is -5.21. The molecule has 0 saturated carbocycles. The van der Waals surface area contributed by atoms with Crippen molar-refractivity contribution in [2.24, 2.45) is 11.8 Å². The van der Waals surface area contributed by atoms with E-state index in [1.165, 1.54) is 36.4 Å². The Labute approximate surface area is 193 Å². The van der Waals surface area contributed by atoms with E-state index in [9.17, 15) is 23.6 Å². The summed E-state index contributed by atoms with van der Waals surface area (Å²) in [4.78, 5) is 55.7. The number of rotatable bonds is 3. The van der Waals surface area contributed by atoms with Gasteiger partial charge >= 0.3 is 0 Å². The largest absolute Gasteiger partial charge is 0.349 e. The Kier molecular flexibility index (Phi) is 4.41. The number of likely N-dealkylation sites (tertiary alicyclic amines) is 1. The molecule has 2 heterocycles. The summed E-state index contributed by atoms with van der Waals surface area (Å²) in [5, 5.41) is 0. The number of carbonyl (C=O) groups excluding carboxylic acids is 4. The Morgan fingerprint density at radius 3 is 1.97 bits per heavy atom. The van der Waals surface area contributed by atoms with Gasteiger partial charge in [0.25, 0.3) is 0 Å². The van der Waals surface area contributed by atoms with Gasteiger partial charge in [-0.2, -0.15) is 0 Å². The van der Waals surface area contributed by atoms with Gasteiger partial charge in [0.15, 0.2) is 0 Å². The van der Waals surface area contributed by atoms with E-state index < -0.39 is 52.7 Å². The van der Waals surface area contributed by atoms with Crippen molar-refractivity contribution in [1.29, 1.82) is 0 Å². The van der Waals surface area contributed by atoms with Crippen molar-refractivity contribution in [2.75, 3.05) is 0 Å². The highest BCUT2D eigenvalue weighted by Crippen LogP contribution is 2.57. The lowest BCUT2D eigenvalue weighted by molar-refractivity contribution is -0.145. The Morgan fingerprint density at radius 1 is 0.765 bits per heavy atom. The Morgan fingerprint density at radius 2 is 1.35 bits per heavy atom. The zero-order chi connectivity index (χ0) is 23.6. The first kappa shape index (κ1) is 20.6. The number of amides is 2. The SMILES string of the molecule is O=C1[C@@H]2[C@@H](C(=O)N1Cc1ccccc1)C1(O[C@H]2c2ccc(F)cc2)C(=O)c2ccccc2C1=O. The minimum Gasteiger partial charge on any atom is -0.349 e. The van der Waals surface area contributed by atoms with Crippen molar-refractivity contribution in [2.45, 2.75) is 18.2 Å². The molecule has 6 nitrogen and oxygen atoms in total. The van der Waals surface area contributed by atoms with E-state index in [4.69, 9.17) is 4.74 Å². The van der Waals surface area contributed by atoms with Crippen LogP contribution in [0.3, 0.4) is 0 Å². The summed E-state index contributed by atoms with van der Waals surface area (Å²) in [6.07, 6.45) is -1.05. The third-order valence-corrected chi connectivity index (χ3v) is 6.99. The van der Waals surface area contributed by atoms with Gasteiger partial charge in [0.2, 0.25) is 29.0 Å². The van der Waals surface area contributed by atoms with Gasteiger partial charge in [-0.15, -0.1) is 0 Å². The summed E-state index contributed by atoms with van der Waals surface area (Å²) in [5.41, 5.74) is -0.608. The molecule has 3 atom stereocenters. The molecule has 0 aromatic heterocycles. The zero-order valence-electron chi connectivity index (χ0n) is 17.8. The molecule has 1 aliphatic carbocycles. The number of hydrogen-bond acceptors (Lipinski definition) is 5. The van der Waals surface area contributed by atoms with Crippen LogP contribution in [0.25, 0.3) is 0 Å². The normalized spacial score (nSPS) is 24.7. The van der Waals surface area contributed by atoms with Crippen LogP contribution in [0, 0.1) is 17.7 Å². The smallest absolute Gasteiger partial charge is 0.237 e. The Balaban J connectivity index is 1.49. The van der Waals surface area contributed by atoms with E-state index in [0.717, 1.165) is 10.5 Å². The molecule has 3 aliphatic rings. The predicted octanol–water partition coefficient (Wildman–Crippen LogP) is 3.52. The van der Waals surface area contributed by atoms with Crippen LogP contribution < -0.4 is 0 Å². The average molecular weight is 455 g/mol. The molecular formula is C27H18FNO5. The highest BCUT2D eigenvalue weighted by molar-refractivity contribution is 6.35. The van der Waals surface area contributed by atoms with Crippen LogP contribution in [0.15, 0.2) is 78.9 Å². The topological polar surface area (TPSA) is 80.8 Å². The zero-order valence-corrected chi connectivity index (χ0v) is 17.8. The van der Waals surface area contributed by atoms with Gasteiger partial charge < -0.3 is 4.74 Å². The number of nitrogens with zero attached hydrogens (tertiary/aromatic N) is 1. The van der Waals surface area contributed by atoms with Gasteiger partial charge in [0, 0.05) is 11.1 Å². The van der Waals surface area contributed by atoms with Gasteiger partial charge in [-0.3, -0.25) is 24.1 Å². The lowest BCUT2D eigenvalue weighted by Crippen LogP contribution is -2.50. The minimum atomic E-state index is -2.12. The van der Waals surface area contributed by atoms with Gasteiger partial charge in [-0.05, 0) is 23.3 Å². The quantitative estimate of drug-likeness (QED) is 0.446.